The average molecular weight is 428 g/mol. The smallest absolute Gasteiger partial charge is 0.224 e. The Hall–Kier alpha value is -0.560. The van der Waals surface area contributed by atoms with Crippen molar-refractivity contribution in [1.29, 1.82) is 0 Å². The first-order valence-electron chi connectivity index (χ1n) is 4.99. The molecule has 1 heterocycles. The van der Waals surface area contributed by atoms with Crippen LogP contribution in [0.4, 0.5) is 11.5 Å². The summed E-state index contributed by atoms with van der Waals surface area (Å²) < 4.78 is 6.89. The molecule has 0 radical (unpaired) electrons. The fourth-order valence-electron chi connectivity index (χ4n) is 1.34. The molecule has 0 unspecified atom stereocenters. The van der Waals surface area contributed by atoms with Crippen molar-refractivity contribution < 1.29 is 4.74 Å². The summed E-state index contributed by atoms with van der Waals surface area (Å²) in [6.07, 6.45) is 1.43. The summed E-state index contributed by atoms with van der Waals surface area (Å²) in [5, 5.41) is 3.56. The number of halogens is 4. The van der Waals surface area contributed by atoms with E-state index in [2.05, 4.69) is 47.1 Å². The Morgan fingerprint density at radius 2 is 1.95 bits per heavy atom. The molecular weight excluding hydrogens is 421 g/mol. The lowest BCUT2D eigenvalue weighted by Crippen LogP contribution is -1.98. The molecule has 1 N–H and O–H groups in total. The second kappa shape index (κ2) is 6.26. The highest BCUT2D eigenvalue weighted by atomic mass is 79.9. The van der Waals surface area contributed by atoms with Crippen LogP contribution in [-0.4, -0.2) is 17.1 Å². The van der Waals surface area contributed by atoms with Crippen LogP contribution < -0.4 is 10.1 Å². The van der Waals surface area contributed by atoms with Gasteiger partial charge in [0.05, 0.1) is 23.5 Å². The summed E-state index contributed by atoms with van der Waals surface area (Å²) in [4.78, 5) is 7.81. The lowest BCUT2D eigenvalue weighted by molar-refractivity contribution is 0.412. The number of anilines is 2. The Morgan fingerprint density at radius 3 is 2.63 bits per heavy atom. The van der Waals surface area contributed by atoms with E-state index in [1.807, 2.05) is 6.07 Å². The molecule has 0 amide bonds. The average Bonchev–Trinajstić information content (AvgIpc) is 2.37. The molecule has 2 rings (SSSR count). The highest BCUT2D eigenvalue weighted by Crippen LogP contribution is 2.36. The van der Waals surface area contributed by atoms with Gasteiger partial charge < -0.3 is 10.1 Å². The molecule has 0 saturated carbocycles. The Kier molecular flexibility index (Phi) is 4.89. The van der Waals surface area contributed by atoms with Crippen molar-refractivity contribution in [1.82, 2.24) is 9.97 Å². The predicted molar refractivity (Wildman–Crippen MR) is 83.7 cm³/mol. The van der Waals surface area contributed by atoms with Gasteiger partial charge in [0.25, 0.3) is 0 Å². The van der Waals surface area contributed by atoms with Crippen LogP contribution in [0, 0.1) is 0 Å². The number of ether oxygens (including phenoxy) is 1. The van der Waals surface area contributed by atoms with Crippen LogP contribution in [0.1, 0.15) is 0 Å². The van der Waals surface area contributed by atoms with Gasteiger partial charge in [0.1, 0.15) is 10.8 Å². The standard InChI is InChI=1S/C11H7Br2Cl2N3O/c1-19-9-3-8(5(12)2-6(9)13)17-10-7(14)4-16-11(15)18-10/h2-4H,1H3,(H,16,17,18). The van der Waals surface area contributed by atoms with E-state index in [1.165, 1.54) is 6.20 Å². The zero-order valence-corrected chi connectivity index (χ0v) is 14.2. The molecule has 0 atom stereocenters. The molecule has 2 aromatic rings. The molecule has 0 aliphatic rings. The van der Waals surface area contributed by atoms with Crippen LogP contribution in [-0.2, 0) is 0 Å². The quantitative estimate of drug-likeness (QED) is 0.695. The summed E-state index contributed by atoms with van der Waals surface area (Å²) in [6.45, 7) is 0. The van der Waals surface area contributed by atoms with Crippen LogP contribution >= 0.6 is 55.1 Å². The summed E-state index contributed by atoms with van der Waals surface area (Å²) in [5.41, 5.74) is 0.747. The van der Waals surface area contributed by atoms with Crippen LogP contribution in [0.15, 0.2) is 27.3 Å². The maximum Gasteiger partial charge on any atom is 0.224 e. The van der Waals surface area contributed by atoms with Crippen LogP contribution in [0.3, 0.4) is 0 Å². The lowest BCUT2D eigenvalue weighted by atomic mass is 10.3. The Labute approximate surface area is 136 Å². The number of aromatic nitrogens is 2. The zero-order valence-electron chi connectivity index (χ0n) is 9.55. The number of hydrogen-bond acceptors (Lipinski definition) is 4. The maximum absolute atomic E-state index is 6.00. The van der Waals surface area contributed by atoms with Gasteiger partial charge in [-0.25, -0.2) is 4.98 Å². The number of methoxy groups -OCH3 is 1. The number of nitrogens with one attached hydrogen (secondary N) is 1. The summed E-state index contributed by atoms with van der Waals surface area (Å²) in [7, 11) is 1.59. The third-order valence-corrected chi connectivity index (χ3v) is 3.94. The monoisotopic (exact) mass is 425 g/mol. The van der Waals surface area contributed by atoms with E-state index in [0.717, 1.165) is 14.6 Å². The molecule has 0 aliphatic carbocycles. The summed E-state index contributed by atoms with van der Waals surface area (Å²) in [5.74, 6) is 1.11. The summed E-state index contributed by atoms with van der Waals surface area (Å²) in [6, 6.07) is 3.67. The minimum absolute atomic E-state index is 0.118. The van der Waals surface area contributed by atoms with Crippen LogP contribution in [0.2, 0.25) is 10.3 Å². The molecule has 4 nitrogen and oxygen atoms in total. The van der Waals surface area contributed by atoms with Crippen molar-refractivity contribution in [2.75, 3.05) is 12.4 Å². The maximum atomic E-state index is 6.00. The molecule has 1 aromatic heterocycles. The predicted octanol–water partition coefficient (Wildman–Crippen LogP) is 5.06. The van der Waals surface area contributed by atoms with Crippen molar-refractivity contribution in [3.63, 3.8) is 0 Å². The molecule has 0 spiro atoms. The van der Waals surface area contributed by atoms with E-state index in [4.69, 9.17) is 27.9 Å². The zero-order chi connectivity index (χ0) is 14.0. The Bertz CT molecular complexity index is 625. The van der Waals surface area contributed by atoms with Crippen molar-refractivity contribution >= 4 is 66.6 Å². The summed E-state index contributed by atoms with van der Waals surface area (Å²) >= 11 is 18.6. The highest BCUT2D eigenvalue weighted by Gasteiger charge is 2.10. The van der Waals surface area contributed by atoms with Gasteiger partial charge in [-0.3, -0.25) is 0 Å². The fourth-order valence-corrected chi connectivity index (χ4v) is 2.87. The fraction of sp³-hybridized carbons (Fsp3) is 0.0909. The van der Waals surface area contributed by atoms with E-state index in [1.54, 1.807) is 13.2 Å². The molecule has 0 saturated heterocycles. The second-order valence-corrected chi connectivity index (χ2v) is 5.88. The minimum atomic E-state index is 0.118. The lowest BCUT2D eigenvalue weighted by Gasteiger charge is -2.12. The van der Waals surface area contributed by atoms with Gasteiger partial charge in [0, 0.05) is 10.5 Å². The first-order chi connectivity index (χ1) is 9.01. The van der Waals surface area contributed by atoms with E-state index in [9.17, 15) is 0 Å². The first kappa shape index (κ1) is 14.8. The van der Waals surface area contributed by atoms with Crippen molar-refractivity contribution in [2.24, 2.45) is 0 Å². The van der Waals surface area contributed by atoms with Crippen LogP contribution in [0.25, 0.3) is 0 Å². The molecule has 19 heavy (non-hydrogen) atoms. The minimum Gasteiger partial charge on any atom is -0.495 e. The van der Waals surface area contributed by atoms with Crippen molar-refractivity contribution in [2.45, 2.75) is 0 Å². The Morgan fingerprint density at radius 1 is 1.21 bits per heavy atom. The van der Waals surface area contributed by atoms with E-state index in [0.29, 0.717) is 16.6 Å². The van der Waals surface area contributed by atoms with Crippen molar-refractivity contribution in [3.05, 3.63) is 37.6 Å². The second-order valence-electron chi connectivity index (χ2n) is 3.43. The van der Waals surface area contributed by atoms with Gasteiger partial charge in [-0.1, -0.05) is 11.6 Å². The van der Waals surface area contributed by atoms with Gasteiger partial charge in [-0.05, 0) is 49.5 Å². The van der Waals surface area contributed by atoms with E-state index >= 15 is 0 Å². The third kappa shape index (κ3) is 3.51. The van der Waals surface area contributed by atoms with Gasteiger partial charge in [-0.2, -0.15) is 4.98 Å². The van der Waals surface area contributed by atoms with Gasteiger partial charge in [0.2, 0.25) is 5.28 Å². The molecule has 0 aliphatic heterocycles. The van der Waals surface area contributed by atoms with Gasteiger partial charge in [-0.15, -0.1) is 0 Å². The highest BCUT2D eigenvalue weighted by molar-refractivity contribution is 9.11. The molecule has 0 fully saturated rings. The third-order valence-electron chi connectivity index (χ3n) is 2.21. The van der Waals surface area contributed by atoms with E-state index in [-0.39, 0.29) is 5.28 Å². The normalized spacial score (nSPS) is 10.4. The molecular formula is C11H7Br2Cl2N3O. The largest absolute Gasteiger partial charge is 0.495 e. The number of rotatable bonds is 3. The molecule has 1 aromatic carbocycles. The van der Waals surface area contributed by atoms with Crippen molar-refractivity contribution in [3.8, 4) is 5.75 Å². The van der Waals surface area contributed by atoms with E-state index < -0.39 is 0 Å². The molecule has 8 heteroatoms. The molecule has 0 bridgehead atoms. The van der Waals surface area contributed by atoms with Crippen LogP contribution in [0.5, 0.6) is 5.75 Å². The molecule has 100 valence electrons. The number of nitrogens with zero attached hydrogens (tertiary/aromatic N) is 2. The number of hydrogen-bond donors (Lipinski definition) is 1. The SMILES string of the molecule is COc1cc(Nc2nc(Cl)ncc2Cl)c(Br)cc1Br. The topological polar surface area (TPSA) is 47.0 Å². The Balaban J connectivity index is 2.40. The van der Waals surface area contributed by atoms with Gasteiger partial charge >= 0.3 is 0 Å². The number of benzene rings is 1. The first-order valence-corrected chi connectivity index (χ1v) is 7.33. The van der Waals surface area contributed by atoms with Gasteiger partial charge in [0.15, 0.2) is 5.82 Å².